The molecule has 0 aromatic carbocycles. The number of nitrogens with two attached hydrogens (primary N) is 1. The van der Waals surface area contributed by atoms with Crippen LogP contribution in [0, 0.1) is 5.92 Å². The SMILES string of the molecule is CCCCN1C(=O)C2(CC(C)(C)NC(C)(C)C2C(N)=O)OC12CCCCC2. The van der Waals surface area contributed by atoms with Crippen molar-refractivity contribution in [3.05, 3.63) is 0 Å². The van der Waals surface area contributed by atoms with Crippen LogP contribution in [-0.2, 0) is 14.3 Å². The number of carbonyl (C=O) groups excluding carboxylic acids is 2. The Kier molecular flexibility index (Phi) is 5.13. The second-order valence-electron chi connectivity index (χ2n) is 10.1. The normalized spacial score (nSPS) is 34.3. The van der Waals surface area contributed by atoms with Crippen molar-refractivity contribution in [3.63, 3.8) is 0 Å². The highest BCUT2D eigenvalue weighted by atomic mass is 16.6. The zero-order valence-electron chi connectivity index (χ0n) is 17.7. The smallest absolute Gasteiger partial charge is 0.258 e. The fraction of sp³-hybridized carbons (Fsp3) is 0.905. The Balaban J connectivity index is 2.10. The summed E-state index contributed by atoms with van der Waals surface area (Å²) >= 11 is 0. The van der Waals surface area contributed by atoms with Crippen molar-refractivity contribution < 1.29 is 14.3 Å². The molecular weight excluding hydrogens is 342 g/mol. The number of piperidine rings is 1. The van der Waals surface area contributed by atoms with Gasteiger partial charge in [-0.2, -0.15) is 0 Å². The number of ether oxygens (including phenoxy) is 1. The molecule has 6 heteroatoms. The maximum absolute atomic E-state index is 13.9. The van der Waals surface area contributed by atoms with Gasteiger partial charge >= 0.3 is 0 Å². The second kappa shape index (κ2) is 6.73. The van der Waals surface area contributed by atoms with Gasteiger partial charge in [0.2, 0.25) is 5.91 Å². The molecule has 2 spiro atoms. The van der Waals surface area contributed by atoms with Crippen molar-refractivity contribution in [2.75, 3.05) is 6.54 Å². The van der Waals surface area contributed by atoms with E-state index in [1.54, 1.807) is 0 Å². The van der Waals surface area contributed by atoms with Crippen LogP contribution in [0.5, 0.6) is 0 Å². The molecule has 0 radical (unpaired) electrons. The van der Waals surface area contributed by atoms with Crippen molar-refractivity contribution in [1.29, 1.82) is 0 Å². The fourth-order valence-electron chi connectivity index (χ4n) is 6.16. The lowest BCUT2D eigenvalue weighted by Crippen LogP contribution is -2.74. The first kappa shape index (κ1) is 20.6. The van der Waals surface area contributed by atoms with Gasteiger partial charge in [-0.1, -0.05) is 19.8 Å². The lowest BCUT2D eigenvalue weighted by atomic mass is 9.64. The van der Waals surface area contributed by atoms with E-state index >= 15 is 0 Å². The molecule has 2 atom stereocenters. The number of nitrogens with one attached hydrogen (secondary N) is 1. The topological polar surface area (TPSA) is 84.7 Å². The van der Waals surface area contributed by atoms with Crippen LogP contribution in [0.2, 0.25) is 0 Å². The molecule has 1 saturated carbocycles. The molecule has 27 heavy (non-hydrogen) atoms. The van der Waals surface area contributed by atoms with Crippen molar-refractivity contribution in [2.45, 2.75) is 108 Å². The fourth-order valence-corrected chi connectivity index (χ4v) is 6.16. The highest BCUT2D eigenvalue weighted by molar-refractivity contribution is 5.95. The summed E-state index contributed by atoms with van der Waals surface area (Å²) in [6.07, 6.45) is 7.40. The number of primary amides is 1. The molecule has 3 aliphatic rings. The summed E-state index contributed by atoms with van der Waals surface area (Å²) in [6.45, 7) is 10.9. The average molecular weight is 380 g/mol. The molecule has 3 rings (SSSR count). The van der Waals surface area contributed by atoms with E-state index in [1.165, 1.54) is 6.42 Å². The van der Waals surface area contributed by atoms with E-state index in [4.69, 9.17) is 10.5 Å². The van der Waals surface area contributed by atoms with E-state index in [-0.39, 0.29) is 11.4 Å². The van der Waals surface area contributed by atoms with Crippen LogP contribution < -0.4 is 11.1 Å². The lowest BCUT2D eigenvalue weighted by molar-refractivity contribution is -0.203. The number of hydrogen-bond donors (Lipinski definition) is 2. The van der Waals surface area contributed by atoms with Crippen LogP contribution in [0.4, 0.5) is 0 Å². The molecule has 0 aromatic heterocycles. The highest BCUT2D eigenvalue weighted by Crippen LogP contribution is 2.54. The summed E-state index contributed by atoms with van der Waals surface area (Å²) in [4.78, 5) is 28.5. The van der Waals surface area contributed by atoms with E-state index in [2.05, 4.69) is 26.1 Å². The Bertz CT molecular complexity index is 610. The quantitative estimate of drug-likeness (QED) is 0.786. The van der Waals surface area contributed by atoms with Crippen LogP contribution in [0.15, 0.2) is 0 Å². The van der Waals surface area contributed by atoms with Crippen LogP contribution in [0.25, 0.3) is 0 Å². The maximum atomic E-state index is 13.9. The summed E-state index contributed by atoms with van der Waals surface area (Å²) in [7, 11) is 0. The van der Waals surface area contributed by atoms with Crippen LogP contribution in [0.3, 0.4) is 0 Å². The van der Waals surface area contributed by atoms with Gasteiger partial charge in [-0.25, -0.2) is 0 Å². The minimum Gasteiger partial charge on any atom is -0.369 e. The Morgan fingerprint density at radius 2 is 1.85 bits per heavy atom. The summed E-state index contributed by atoms with van der Waals surface area (Å²) < 4.78 is 6.82. The minimum atomic E-state index is -1.17. The van der Waals surface area contributed by atoms with E-state index in [1.807, 2.05) is 18.7 Å². The summed E-state index contributed by atoms with van der Waals surface area (Å²) in [5.41, 5.74) is 3.19. The molecule has 154 valence electrons. The van der Waals surface area contributed by atoms with Gasteiger partial charge in [-0.05, 0) is 59.8 Å². The molecular formula is C21H37N3O3. The van der Waals surface area contributed by atoms with Crippen LogP contribution >= 0.6 is 0 Å². The second-order valence-corrected chi connectivity index (χ2v) is 10.1. The van der Waals surface area contributed by atoms with Gasteiger partial charge in [0.15, 0.2) is 5.60 Å². The van der Waals surface area contributed by atoms with Gasteiger partial charge in [0, 0.05) is 24.0 Å². The molecule has 3 N–H and O–H groups in total. The Labute approximate surface area is 163 Å². The van der Waals surface area contributed by atoms with Gasteiger partial charge < -0.3 is 20.7 Å². The zero-order chi connectivity index (χ0) is 20.1. The Hall–Kier alpha value is -1.14. The van der Waals surface area contributed by atoms with E-state index in [0.29, 0.717) is 13.0 Å². The maximum Gasteiger partial charge on any atom is 0.258 e. The molecule has 2 amide bonds. The first-order chi connectivity index (χ1) is 12.5. The van der Waals surface area contributed by atoms with Crippen LogP contribution in [-0.4, -0.2) is 45.7 Å². The van der Waals surface area contributed by atoms with Crippen LogP contribution in [0.1, 0.15) is 86.0 Å². The third-order valence-electron chi connectivity index (χ3n) is 6.68. The monoisotopic (exact) mass is 379 g/mol. The molecule has 1 aliphatic carbocycles. The van der Waals surface area contributed by atoms with E-state index < -0.39 is 28.7 Å². The summed E-state index contributed by atoms with van der Waals surface area (Å²) in [5, 5.41) is 3.53. The summed E-state index contributed by atoms with van der Waals surface area (Å²) in [5.74, 6) is -1.18. The zero-order valence-corrected chi connectivity index (χ0v) is 17.7. The van der Waals surface area contributed by atoms with Crippen molar-refractivity contribution in [2.24, 2.45) is 11.7 Å². The van der Waals surface area contributed by atoms with Gasteiger partial charge in [-0.3, -0.25) is 9.59 Å². The van der Waals surface area contributed by atoms with E-state index in [9.17, 15) is 9.59 Å². The molecule has 2 heterocycles. The van der Waals surface area contributed by atoms with Crippen molar-refractivity contribution in [3.8, 4) is 0 Å². The number of rotatable bonds is 4. The van der Waals surface area contributed by atoms with Crippen molar-refractivity contribution in [1.82, 2.24) is 10.2 Å². The van der Waals surface area contributed by atoms with Crippen molar-refractivity contribution >= 4 is 11.8 Å². The molecule has 2 aliphatic heterocycles. The third kappa shape index (κ3) is 3.29. The predicted octanol–water partition coefficient (Wildman–Crippen LogP) is 2.70. The van der Waals surface area contributed by atoms with Gasteiger partial charge in [0.05, 0.1) is 5.92 Å². The first-order valence-corrected chi connectivity index (χ1v) is 10.6. The number of nitrogens with zero attached hydrogens (tertiary/aromatic N) is 1. The van der Waals surface area contributed by atoms with Gasteiger partial charge in [0.1, 0.15) is 5.72 Å². The van der Waals surface area contributed by atoms with E-state index in [0.717, 1.165) is 38.5 Å². The Morgan fingerprint density at radius 1 is 1.22 bits per heavy atom. The minimum absolute atomic E-state index is 0.0238. The molecule has 3 fully saturated rings. The van der Waals surface area contributed by atoms with Gasteiger partial charge in [-0.15, -0.1) is 0 Å². The highest BCUT2D eigenvalue weighted by Gasteiger charge is 2.70. The molecule has 0 bridgehead atoms. The number of amides is 2. The predicted molar refractivity (Wildman–Crippen MR) is 105 cm³/mol. The van der Waals surface area contributed by atoms with Gasteiger partial charge in [0.25, 0.3) is 5.91 Å². The number of carbonyl (C=O) groups is 2. The molecule has 0 aromatic rings. The molecule has 2 unspecified atom stereocenters. The average Bonchev–Trinajstić information content (AvgIpc) is 2.71. The standard InChI is InChI=1S/C21H37N3O3/c1-6-7-13-24-17(26)21(27-20(24)11-9-8-10-12-20)14-18(2,3)23-19(4,5)15(21)16(22)25/h15,23H,6-14H2,1-5H3,(H2,22,25). The lowest BCUT2D eigenvalue weighted by Gasteiger charge is -2.54. The number of hydrogen-bond acceptors (Lipinski definition) is 4. The largest absolute Gasteiger partial charge is 0.369 e. The summed E-state index contributed by atoms with van der Waals surface area (Å²) in [6, 6.07) is 0. The first-order valence-electron chi connectivity index (χ1n) is 10.6. The Morgan fingerprint density at radius 3 is 2.41 bits per heavy atom. The molecule has 2 saturated heterocycles. The molecule has 6 nitrogen and oxygen atoms in total. The third-order valence-corrected chi connectivity index (χ3v) is 6.68. The number of unbranched alkanes of at least 4 members (excludes halogenated alkanes) is 1.